The van der Waals surface area contributed by atoms with Crippen molar-refractivity contribution in [3.8, 4) is 0 Å². The largest absolute Gasteiger partial charge is 0.177 e. The van der Waals surface area contributed by atoms with Gasteiger partial charge in [-0.25, -0.2) is 0 Å². The minimum absolute atomic E-state index is 0.658. The summed E-state index contributed by atoms with van der Waals surface area (Å²) in [5.41, 5.74) is 1.31. The fraction of sp³-hybridized carbons (Fsp3) is 0.500. The molecule has 0 saturated heterocycles. The Labute approximate surface area is 68.1 Å². The molecular weight excluding hydrogens is 135 g/mol. The number of rotatable bonds is 3. The van der Waals surface area contributed by atoms with Gasteiger partial charge in [-0.2, -0.15) is 10.2 Å². The summed E-state index contributed by atoms with van der Waals surface area (Å²) in [4.78, 5) is 0. The van der Waals surface area contributed by atoms with Crippen LogP contribution in [0.25, 0.3) is 0 Å². The lowest BCUT2D eigenvalue weighted by molar-refractivity contribution is 1.04. The highest BCUT2D eigenvalue weighted by atomic mass is 15.1. The second-order valence-electron chi connectivity index (χ2n) is 2.69. The standard InChI is InChI=1S/C8H13BN2/c1-3-9(4-2)8-5-6-10-11-7-8/h5-7H,3-4H2,1-2H3. The van der Waals surface area contributed by atoms with Crippen LogP contribution in [0.4, 0.5) is 0 Å². The Morgan fingerprint density at radius 2 is 2.00 bits per heavy atom. The van der Waals surface area contributed by atoms with Crippen LogP contribution in [0.2, 0.25) is 12.6 Å². The molecule has 1 heterocycles. The van der Waals surface area contributed by atoms with Crippen molar-refractivity contribution in [2.75, 3.05) is 0 Å². The molecule has 0 saturated carbocycles. The maximum Gasteiger partial charge on any atom is 0.177 e. The van der Waals surface area contributed by atoms with Crippen LogP contribution in [0.1, 0.15) is 13.8 Å². The van der Waals surface area contributed by atoms with Crippen LogP contribution in [0.5, 0.6) is 0 Å². The summed E-state index contributed by atoms with van der Waals surface area (Å²) < 4.78 is 0. The molecule has 2 nitrogen and oxygen atoms in total. The Hall–Kier alpha value is -0.855. The molecule has 3 heteroatoms. The van der Waals surface area contributed by atoms with Gasteiger partial charge in [0.25, 0.3) is 0 Å². The van der Waals surface area contributed by atoms with E-state index in [1.807, 2.05) is 12.3 Å². The lowest BCUT2D eigenvalue weighted by Crippen LogP contribution is -2.28. The van der Waals surface area contributed by atoms with Gasteiger partial charge in [-0.05, 0) is 6.07 Å². The van der Waals surface area contributed by atoms with Crippen molar-refractivity contribution in [3.05, 3.63) is 18.5 Å². The minimum atomic E-state index is 0.658. The molecule has 0 aromatic carbocycles. The molecule has 1 aromatic heterocycles. The van der Waals surface area contributed by atoms with Crippen LogP contribution in [-0.4, -0.2) is 16.9 Å². The zero-order chi connectivity index (χ0) is 8.10. The molecular formula is C8H13BN2. The molecule has 0 aliphatic carbocycles. The Bertz CT molecular complexity index is 197. The van der Waals surface area contributed by atoms with E-state index in [2.05, 4.69) is 24.0 Å². The van der Waals surface area contributed by atoms with Gasteiger partial charge in [-0.3, -0.25) is 0 Å². The predicted octanol–water partition coefficient (Wildman–Crippen LogP) is 1.22. The van der Waals surface area contributed by atoms with Gasteiger partial charge in [0.15, 0.2) is 6.71 Å². The van der Waals surface area contributed by atoms with Crippen LogP contribution >= 0.6 is 0 Å². The van der Waals surface area contributed by atoms with Crippen molar-refractivity contribution in [2.24, 2.45) is 0 Å². The summed E-state index contributed by atoms with van der Waals surface area (Å²) in [6, 6.07) is 2.05. The maximum absolute atomic E-state index is 3.85. The smallest absolute Gasteiger partial charge is 0.160 e. The highest BCUT2D eigenvalue weighted by Crippen LogP contribution is 1.97. The first-order valence-electron chi connectivity index (χ1n) is 4.15. The first-order chi connectivity index (χ1) is 5.38. The second-order valence-corrected chi connectivity index (χ2v) is 2.69. The van der Waals surface area contributed by atoms with Gasteiger partial charge in [0.2, 0.25) is 0 Å². The first kappa shape index (κ1) is 8.24. The van der Waals surface area contributed by atoms with E-state index in [0.29, 0.717) is 6.71 Å². The van der Waals surface area contributed by atoms with Gasteiger partial charge in [0.05, 0.1) is 0 Å². The summed E-state index contributed by atoms with van der Waals surface area (Å²) in [6.45, 7) is 5.06. The monoisotopic (exact) mass is 148 g/mol. The average molecular weight is 148 g/mol. The van der Waals surface area contributed by atoms with E-state index in [1.165, 1.54) is 18.1 Å². The average Bonchev–Trinajstić information content (AvgIpc) is 2.09. The van der Waals surface area contributed by atoms with Gasteiger partial charge in [-0.15, -0.1) is 0 Å². The van der Waals surface area contributed by atoms with E-state index in [9.17, 15) is 0 Å². The zero-order valence-electron chi connectivity index (χ0n) is 7.12. The lowest BCUT2D eigenvalue weighted by atomic mass is 9.42. The van der Waals surface area contributed by atoms with Gasteiger partial charge in [0.1, 0.15) is 0 Å². The van der Waals surface area contributed by atoms with Crippen molar-refractivity contribution in [2.45, 2.75) is 26.5 Å². The summed E-state index contributed by atoms with van der Waals surface area (Å²) in [6.07, 6.45) is 5.98. The first-order valence-corrected chi connectivity index (χ1v) is 4.15. The number of hydrogen-bond donors (Lipinski definition) is 0. The molecule has 0 spiro atoms. The third-order valence-electron chi connectivity index (χ3n) is 2.06. The van der Waals surface area contributed by atoms with Gasteiger partial charge >= 0.3 is 0 Å². The molecule has 0 aliphatic rings. The quantitative estimate of drug-likeness (QED) is 0.602. The zero-order valence-corrected chi connectivity index (χ0v) is 7.12. The summed E-state index contributed by atoms with van der Waals surface area (Å²) >= 11 is 0. The highest BCUT2D eigenvalue weighted by molar-refractivity contribution is 6.72. The van der Waals surface area contributed by atoms with E-state index in [4.69, 9.17) is 0 Å². The van der Waals surface area contributed by atoms with E-state index in [1.54, 1.807) is 6.20 Å². The van der Waals surface area contributed by atoms with E-state index >= 15 is 0 Å². The Morgan fingerprint density at radius 3 is 2.45 bits per heavy atom. The Morgan fingerprint density at radius 1 is 1.27 bits per heavy atom. The SMILES string of the molecule is CCB(CC)c1ccnnc1. The van der Waals surface area contributed by atoms with Crippen LogP contribution < -0.4 is 5.46 Å². The van der Waals surface area contributed by atoms with Crippen LogP contribution in [0, 0.1) is 0 Å². The van der Waals surface area contributed by atoms with Crippen molar-refractivity contribution < 1.29 is 0 Å². The highest BCUT2D eigenvalue weighted by Gasteiger charge is 2.10. The summed E-state index contributed by atoms with van der Waals surface area (Å²) in [5.74, 6) is 0. The molecule has 0 unspecified atom stereocenters. The van der Waals surface area contributed by atoms with Crippen LogP contribution in [-0.2, 0) is 0 Å². The van der Waals surface area contributed by atoms with E-state index in [0.717, 1.165) is 0 Å². The van der Waals surface area contributed by atoms with Gasteiger partial charge < -0.3 is 0 Å². The predicted molar refractivity (Wildman–Crippen MR) is 48.4 cm³/mol. The third kappa shape index (κ3) is 2.04. The second kappa shape index (κ2) is 4.11. The van der Waals surface area contributed by atoms with Crippen LogP contribution in [0.3, 0.4) is 0 Å². The summed E-state index contributed by atoms with van der Waals surface area (Å²) in [7, 11) is 0. The van der Waals surface area contributed by atoms with E-state index in [-0.39, 0.29) is 0 Å². The third-order valence-corrected chi connectivity index (χ3v) is 2.06. The molecule has 1 aromatic rings. The topological polar surface area (TPSA) is 25.8 Å². The molecule has 0 bridgehead atoms. The van der Waals surface area contributed by atoms with Crippen molar-refractivity contribution >= 4 is 12.2 Å². The molecule has 1 rings (SSSR count). The molecule has 0 radical (unpaired) electrons. The summed E-state index contributed by atoms with van der Waals surface area (Å²) in [5, 5.41) is 7.60. The molecule has 0 aliphatic heterocycles. The lowest BCUT2D eigenvalue weighted by Gasteiger charge is -2.06. The minimum Gasteiger partial charge on any atom is -0.160 e. The Kier molecular flexibility index (Phi) is 3.08. The normalized spacial score (nSPS) is 9.64. The fourth-order valence-electron chi connectivity index (χ4n) is 1.30. The molecule has 0 amide bonds. The Balaban J connectivity index is 2.74. The number of nitrogens with zero attached hydrogens (tertiary/aromatic N) is 2. The molecule has 0 fully saturated rings. The van der Waals surface area contributed by atoms with E-state index < -0.39 is 0 Å². The molecule has 58 valence electrons. The van der Waals surface area contributed by atoms with Crippen molar-refractivity contribution in [3.63, 3.8) is 0 Å². The molecule has 0 atom stereocenters. The molecule has 11 heavy (non-hydrogen) atoms. The van der Waals surface area contributed by atoms with Crippen molar-refractivity contribution in [1.82, 2.24) is 10.2 Å². The van der Waals surface area contributed by atoms with Crippen LogP contribution in [0.15, 0.2) is 18.5 Å². The van der Waals surface area contributed by atoms with Crippen molar-refractivity contribution in [1.29, 1.82) is 0 Å². The van der Waals surface area contributed by atoms with Gasteiger partial charge in [-0.1, -0.05) is 32.0 Å². The molecule has 0 N–H and O–H groups in total. The van der Waals surface area contributed by atoms with Gasteiger partial charge in [0, 0.05) is 12.4 Å². The fourth-order valence-corrected chi connectivity index (χ4v) is 1.30. The number of aromatic nitrogens is 2. The maximum atomic E-state index is 3.85. The number of hydrogen-bond acceptors (Lipinski definition) is 2.